The van der Waals surface area contributed by atoms with Gasteiger partial charge in [0.2, 0.25) is 0 Å². The number of carbonyl (C=O) groups is 1. The molecule has 0 bridgehead atoms. The number of aliphatic hydroxyl groups excluding tert-OH is 2. The molecule has 0 saturated carbocycles. The van der Waals surface area contributed by atoms with Gasteiger partial charge in [0.15, 0.2) is 0 Å². The molecule has 18 heavy (non-hydrogen) atoms. The second-order valence-electron chi connectivity index (χ2n) is 4.07. The van der Waals surface area contributed by atoms with Crippen LogP contribution in [0.1, 0.15) is 23.7 Å². The topological polar surface area (TPSA) is 89.8 Å². The fourth-order valence-corrected chi connectivity index (χ4v) is 1.70. The van der Waals surface area contributed by atoms with Gasteiger partial charge in [-0.15, -0.1) is 0 Å². The molecule has 1 aromatic carbocycles. The second kappa shape index (κ2) is 6.04. The summed E-state index contributed by atoms with van der Waals surface area (Å²) in [7, 11) is 0. The first-order chi connectivity index (χ1) is 8.48. The molecular formula is C12H16ClNO4. The Labute approximate surface area is 110 Å². The van der Waals surface area contributed by atoms with E-state index >= 15 is 0 Å². The minimum absolute atomic E-state index is 0.0839. The smallest absolute Gasteiger partial charge is 0.335 e. The van der Waals surface area contributed by atoms with E-state index in [0.29, 0.717) is 12.1 Å². The van der Waals surface area contributed by atoms with Crippen LogP contribution in [-0.4, -0.2) is 40.0 Å². The summed E-state index contributed by atoms with van der Waals surface area (Å²) in [5, 5.41) is 30.6. The molecule has 0 aliphatic carbocycles. The molecule has 5 nitrogen and oxygen atoms in total. The number of halogens is 1. The van der Waals surface area contributed by atoms with E-state index in [-0.39, 0.29) is 23.8 Å². The van der Waals surface area contributed by atoms with Crippen LogP contribution in [0.15, 0.2) is 18.2 Å². The molecule has 0 atom stereocenters. The van der Waals surface area contributed by atoms with Crippen LogP contribution in [0, 0.1) is 0 Å². The van der Waals surface area contributed by atoms with Crippen LogP contribution < -0.4 is 5.32 Å². The maximum atomic E-state index is 10.8. The summed E-state index contributed by atoms with van der Waals surface area (Å²) >= 11 is 5.96. The van der Waals surface area contributed by atoms with Crippen molar-refractivity contribution in [1.82, 2.24) is 0 Å². The Morgan fingerprint density at radius 2 is 2.00 bits per heavy atom. The van der Waals surface area contributed by atoms with Crippen LogP contribution in [0.2, 0.25) is 5.02 Å². The van der Waals surface area contributed by atoms with Crippen molar-refractivity contribution in [2.75, 3.05) is 18.5 Å². The lowest BCUT2D eigenvalue weighted by Crippen LogP contribution is -2.45. The third-order valence-electron chi connectivity index (χ3n) is 2.90. The quantitative estimate of drug-likeness (QED) is 0.632. The maximum absolute atomic E-state index is 10.8. The number of benzene rings is 1. The highest BCUT2D eigenvalue weighted by Gasteiger charge is 2.27. The van der Waals surface area contributed by atoms with Crippen molar-refractivity contribution in [3.05, 3.63) is 28.8 Å². The largest absolute Gasteiger partial charge is 0.478 e. The number of aliphatic hydroxyl groups is 2. The molecule has 0 radical (unpaired) electrons. The monoisotopic (exact) mass is 273 g/mol. The Kier molecular flexibility index (Phi) is 4.95. The summed E-state index contributed by atoms with van der Waals surface area (Å²) in [5.41, 5.74) is -0.304. The third kappa shape index (κ3) is 3.13. The molecular weight excluding hydrogens is 258 g/mol. The Hall–Kier alpha value is -1.30. The molecule has 0 unspecified atom stereocenters. The van der Waals surface area contributed by atoms with Gasteiger partial charge in [0.1, 0.15) is 0 Å². The number of carboxylic acids is 1. The number of nitrogens with one attached hydrogen (secondary N) is 1. The van der Waals surface area contributed by atoms with E-state index in [4.69, 9.17) is 16.7 Å². The van der Waals surface area contributed by atoms with Gasteiger partial charge < -0.3 is 20.6 Å². The third-order valence-corrected chi connectivity index (χ3v) is 3.21. The minimum Gasteiger partial charge on any atom is -0.478 e. The molecule has 0 amide bonds. The number of carboxylic acid groups (broad SMARTS) is 1. The molecule has 0 aliphatic heterocycles. The lowest BCUT2D eigenvalue weighted by molar-refractivity contribution is 0.0697. The fourth-order valence-electron chi connectivity index (χ4n) is 1.48. The Balaban J connectivity index is 3.01. The highest BCUT2D eigenvalue weighted by molar-refractivity contribution is 6.33. The van der Waals surface area contributed by atoms with Crippen molar-refractivity contribution < 1.29 is 20.1 Å². The summed E-state index contributed by atoms with van der Waals surface area (Å²) in [6.07, 6.45) is 0.497. The Bertz CT molecular complexity index is 424. The normalized spacial score (nSPS) is 11.3. The first-order valence-electron chi connectivity index (χ1n) is 5.50. The van der Waals surface area contributed by atoms with Crippen molar-refractivity contribution >= 4 is 23.3 Å². The zero-order chi connectivity index (χ0) is 13.8. The molecule has 0 heterocycles. The number of anilines is 1. The van der Waals surface area contributed by atoms with E-state index in [1.165, 1.54) is 18.2 Å². The van der Waals surface area contributed by atoms with Crippen molar-refractivity contribution in [3.8, 4) is 0 Å². The maximum Gasteiger partial charge on any atom is 0.335 e. The number of rotatable bonds is 6. The van der Waals surface area contributed by atoms with Crippen LogP contribution in [0.4, 0.5) is 5.69 Å². The summed E-state index contributed by atoms with van der Waals surface area (Å²) in [6.45, 7) is 1.31. The average Bonchev–Trinajstić information content (AvgIpc) is 2.38. The Morgan fingerprint density at radius 1 is 1.39 bits per heavy atom. The predicted molar refractivity (Wildman–Crippen MR) is 69.2 cm³/mol. The van der Waals surface area contributed by atoms with Gasteiger partial charge in [-0.1, -0.05) is 18.5 Å². The molecule has 0 spiro atoms. The van der Waals surface area contributed by atoms with Crippen LogP contribution in [-0.2, 0) is 0 Å². The summed E-state index contributed by atoms with van der Waals surface area (Å²) in [5.74, 6) is -1.06. The average molecular weight is 274 g/mol. The van der Waals surface area contributed by atoms with E-state index in [2.05, 4.69) is 5.32 Å². The fraction of sp³-hybridized carbons (Fsp3) is 0.417. The van der Waals surface area contributed by atoms with Gasteiger partial charge in [-0.2, -0.15) is 0 Å². The molecule has 6 heteroatoms. The van der Waals surface area contributed by atoms with Gasteiger partial charge >= 0.3 is 5.97 Å². The van der Waals surface area contributed by atoms with Gasteiger partial charge in [0, 0.05) is 0 Å². The number of hydrogen-bond acceptors (Lipinski definition) is 4. The molecule has 1 rings (SSSR count). The molecule has 0 aromatic heterocycles. The van der Waals surface area contributed by atoms with Gasteiger partial charge in [0.25, 0.3) is 0 Å². The predicted octanol–water partition coefficient (Wildman–Crippen LogP) is 1.58. The van der Waals surface area contributed by atoms with Crippen LogP contribution in [0.3, 0.4) is 0 Å². The van der Waals surface area contributed by atoms with Gasteiger partial charge in [-0.25, -0.2) is 4.79 Å². The van der Waals surface area contributed by atoms with Crippen LogP contribution in [0.5, 0.6) is 0 Å². The second-order valence-corrected chi connectivity index (χ2v) is 4.48. The zero-order valence-corrected chi connectivity index (χ0v) is 10.7. The highest BCUT2D eigenvalue weighted by Crippen LogP contribution is 2.27. The van der Waals surface area contributed by atoms with Crippen molar-refractivity contribution in [1.29, 1.82) is 0 Å². The van der Waals surface area contributed by atoms with Crippen molar-refractivity contribution in [2.45, 2.75) is 18.9 Å². The number of aromatic carboxylic acids is 1. The van der Waals surface area contributed by atoms with Crippen molar-refractivity contribution in [3.63, 3.8) is 0 Å². The van der Waals surface area contributed by atoms with E-state index in [9.17, 15) is 15.0 Å². The Morgan fingerprint density at radius 3 is 2.39 bits per heavy atom. The van der Waals surface area contributed by atoms with Gasteiger partial charge in [-0.3, -0.25) is 0 Å². The SMILES string of the molecule is CCC(CO)(CO)Nc1ccc(C(=O)O)cc1Cl. The lowest BCUT2D eigenvalue weighted by atomic mass is 9.98. The standard InChI is InChI=1S/C12H16ClNO4/c1-2-12(6-15,7-16)14-10-4-3-8(11(17)18)5-9(10)13/h3-5,14-16H,2,6-7H2,1H3,(H,17,18). The number of hydrogen-bond donors (Lipinski definition) is 4. The zero-order valence-electron chi connectivity index (χ0n) is 9.98. The summed E-state index contributed by atoms with van der Waals surface area (Å²) < 4.78 is 0. The summed E-state index contributed by atoms with van der Waals surface area (Å²) in [6, 6.07) is 4.24. The molecule has 0 aliphatic rings. The molecule has 100 valence electrons. The van der Waals surface area contributed by atoms with Gasteiger partial charge in [-0.05, 0) is 24.6 Å². The first kappa shape index (κ1) is 14.8. The lowest BCUT2D eigenvalue weighted by Gasteiger charge is -2.31. The first-order valence-corrected chi connectivity index (χ1v) is 5.88. The van der Waals surface area contributed by atoms with Crippen LogP contribution in [0.25, 0.3) is 0 Å². The molecule has 1 aromatic rings. The molecule has 0 fully saturated rings. The van der Waals surface area contributed by atoms with Gasteiger partial charge in [0.05, 0.1) is 35.0 Å². The van der Waals surface area contributed by atoms with E-state index in [1.54, 1.807) is 0 Å². The molecule has 0 saturated heterocycles. The highest BCUT2D eigenvalue weighted by atomic mass is 35.5. The minimum atomic E-state index is -1.06. The summed E-state index contributed by atoms with van der Waals surface area (Å²) in [4.78, 5) is 10.8. The van der Waals surface area contributed by atoms with Crippen molar-refractivity contribution in [2.24, 2.45) is 0 Å². The van der Waals surface area contributed by atoms with E-state index in [1.807, 2.05) is 6.92 Å². The van der Waals surface area contributed by atoms with Crippen LogP contribution >= 0.6 is 11.6 Å². The van der Waals surface area contributed by atoms with E-state index in [0.717, 1.165) is 0 Å². The van der Waals surface area contributed by atoms with E-state index < -0.39 is 11.5 Å². The molecule has 4 N–H and O–H groups in total.